The van der Waals surface area contributed by atoms with E-state index < -0.39 is 27.5 Å². The molecule has 0 saturated carbocycles. The highest BCUT2D eigenvalue weighted by Crippen LogP contribution is 2.23. The van der Waals surface area contributed by atoms with Gasteiger partial charge >= 0.3 is 0 Å². The molecule has 3 rings (SSSR count). The second-order valence-corrected chi connectivity index (χ2v) is 11.9. The summed E-state index contributed by atoms with van der Waals surface area (Å²) < 4.78 is 44.9. The van der Waals surface area contributed by atoms with Crippen molar-refractivity contribution in [1.29, 1.82) is 0 Å². The third-order valence-corrected chi connectivity index (χ3v) is 7.63. The largest absolute Gasteiger partial charge is 0.375 e. The first kappa shape index (κ1) is 30.0. The monoisotopic (exact) mass is 553 g/mol. The quantitative estimate of drug-likeness (QED) is 0.298. The van der Waals surface area contributed by atoms with Crippen molar-refractivity contribution in [3.8, 4) is 0 Å². The van der Waals surface area contributed by atoms with Gasteiger partial charge in [0.2, 0.25) is 10.0 Å². The van der Waals surface area contributed by atoms with Crippen molar-refractivity contribution in [2.24, 2.45) is 5.73 Å². The van der Waals surface area contributed by atoms with Crippen molar-refractivity contribution in [3.63, 3.8) is 0 Å². The number of sulfonamides is 1. The average molecular weight is 554 g/mol. The standard InChI is InChI=1S/C30H36FN3O4S/c1-5-15-30(32,19-23-9-7-6-8-10-23)21-38-20-24-16-26(18-28(17-24)34(3)39(4,36)37)29(35)33-22(2)25-11-13-27(31)14-12-25/h5-14,16-18,22H,1,15,19-21,32H2,2-4H3,(H,33,35)/t22-,30?/m1/s1. The van der Waals surface area contributed by atoms with Crippen LogP contribution >= 0.6 is 0 Å². The first-order chi connectivity index (χ1) is 18.4. The minimum atomic E-state index is -3.58. The summed E-state index contributed by atoms with van der Waals surface area (Å²) in [7, 11) is -2.15. The number of anilines is 1. The van der Waals surface area contributed by atoms with Gasteiger partial charge in [-0.2, -0.15) is 0 Å². The first-order valence-corrected chi connectivity index (χ1v) is 14.4. The molecule has 0 aliphatic rings. The van der Waals surface area contributed by atoms with Gasteiger partial charge in [-0.05, 0) is 66.8 Å². The summed E-state index contributed by atoms with van der Waals surface area (Å²) in [5.74, 6) is -0.766. The van der Waals surface area contributed by atoms with Crippen LogP contribution in [0.2, 0.25) is 0 Å². The van der Waals surface area contributed by atoms with Crippen LogP contribution < -0.4 is 15.4 Å². The lowest BCUT2D eigenvalue weighted by atomic mass is 9.89. The fourth-order valence-corrected chi connectivity index (χ4v) is 4.71. The SMILES string of the molecule is C=CCC(N)(COCc1cc(C(=O)N[C@H](C)c2ccc(F)cc2)cc(N(C)S(C)(=O)=O)c1)Cc1ccccc1. The van der Waals surface area contributed by atoms with Gasteiger partial charge < -0.3 is 15.8 Å². The zero-order valence-corrected chi connectivity index (χ0v) is 23.4. The Labute approximate surface area is 230 Å². The first-order valence-electron chi connectivity index (χ1n) is 12.6. The summed E-state index contributed by atoms with van der Waals surface area (Å²) in [6.07, 6.45) is 3.98. The van der Waals surface area contributed by atoms with Crippen LogP contribution in [0.3, 0.4) is 0 Å². The second-order valence-electron chi connectivity index (χ2n) is 9.88. The normalized spacial score (nSPS) is 13.8. The molecule has 0 bridgehead atoms. The van der Waals surface area contributed by atoms with Crippen LogP contribution in [0, 0.1) is 5.82 Å². The number of halogens is 1. The highest BCUT2D eigenvalue weighted by molar-refractivity contribution is 7.92. The molecule has 39 heavy (non-hydrogen) atoms. The number of ether oxygens (including phenoxy) is 1. The van der Waals surface area contributed by atoms with E-state index >= 15 is 0 Å². The zero-order chi connectivity index (χ0) is 28.6. The Morgan fingerprint density at radius 1 is 1.13 bits per heavy atom. The maximum absolute atomic E-state index is 13.3. The molecular weight excluding hydrogens is 517 g/mol. The van der Waals surface area contributed by atoms with Gasteiger partial charge in [-0.15, -0.1) is 6.58 Å². The number of nitrogens with one attached hydrogen (secondary N) is 1. The van der Waals surface area contributed by atoms with E-state index in [2.05, 4.69) is 11.9 Å². The Hall–Kier alpha value is -3.53. The Bertz CT molecular complexity index is 1380. The molecule has 0 radical (unpaired) electrons. The van der Waals surface area contributed by atoms with E-state index in [1.165, 1.54) is 25.2 Å². The third kappa shape index (κ3) is 8.74. The van der Waals surface area contributed by atoms with E-state index in [1.54, 1.807) is 37.3 Å². The number of hydrogen-bond donors (Lipinski definition) is 2. The van der Waals surface area contributed by atoms with Gasteiger partial charge in [0.15, 0.2) is 0 Å². The van der Waals surface area contributed by atoms with Gasteiger partial charge in [0.25, 0.3) is 5.91 Å². The van der Waals surface area contributed by atoms with Crippen molar-refractivity contribution in [2.45, 2.75) is 38.0 Å². The van der Waals surface area contributed by atoms with Gasteiger partial charge in [0.1, 0.15) is 5.82 Å². The number of carbonyl (C=O) groups is 1. The van der Waals surface area contributed by atoms with Crippen LogP contribution in [0.25, 0.3) is 0 Å². The minimum absolute atomic E-state index is 0.115. The molecule has 1 unspecified atom stereocenters. The van der Waals surface area contributed by atoms with E-state index in [-0.39, 0.29) is 24.6 Å². The molecule has 3 N–H and O–H groups in total. The molecule has 3 aromatic carbocycles. The van der Waals surface area contributed by atoms with Gasteiger partial charge in [0, 0.05) is 18.2 Å². The Morgan fingerprint density at radius 2 is 1.79 bits per heavy atom. The maximum Gasteiger partial charge on any atom is 0.251 e. The average Bonchev–Trinajstić information content (AvgIpc) is 2.88. The van der Waals surface area contributed by atoms with Crippen LogP contribution in [0.4, 0.5) is 10.1 Å². The molecule has 0 heterocycles. The second kappa shape index (κ2) is 13.0. The molecule has 0 aromatic heterocycles. The Balaban J connectivity index is 1.80. The van der Waals surface area contributed by atoms with Crippen molar-refractivity contribution in [1.82, 2.24) is 5.32 Å². The molecule has 1 amide bonds. The number of nitrogens with zero attached hydrogens (tertiary/aromatic N) is 1. The molecule has 3 aromatic rings. The molecule has 7 nitrogen and oxygen atoms in total. The summed E-state index contributed by atoms with van der Waals surface area (Å²) in [5.41, 5.74) is 9.00. The topological polar surface area (TPSA) is 102 Å². The van der Waals surface area contributed by atoms with Crippen molar-refractivity contribution < 1.29 is 22.3 Å². The molecule has 0 aliphatic heterocycles. The molecule has 208 valence electrons. The summed E-state index contributed by atoms with van der Waals surface area (Å²) >= 11 is 0. The molecule has 0 fully saturated rings. The van der Waals surface area contributed by atoms with Gasteiger partial charge in [-0.25, -0.2) is 12.8 Å². The molecule has 0 spiro atoms. The number of hydrogen-bond acceptors (Lipinski definition) is 5. The lowest BCUT2D eigenvalue weighted by Crippen LogP contribution is -2.46. The Kier molecular flexibility index (Phi) is 10.0. The number of carbonyl (C=O) groups excluding carboxylic acids is 1. The van der Waals surface area contributed by atoms with Crippen molar-refractivity contribution >= 4 is 21.6 Å². The highest BCUT2D eigenvalue weighted by Gasteiger charge is 2.25. The third-order valence-electron chi connectivity index (χ3n) is 6.43. The summed E-state index contributed by atoms with van der Waals surface area (Å²) in [4.78, 5) is 13.2. The Morgan fingerprint density at radius 3 is 2.41 bits per heavy atom. The number of amides is 1. The molecule has 0 saturated heterocycles. The number of benzene rings is 3. The lowest BCUT2D eigenvalue weighted by molar-refractivity contribution is 0.0735. The van der Waals surface area contributed by atoms with Crippen LogP contribution in [-0.2, 0) is 27.8 Å². The smallest absolute Gasteiger partial charge is 0.251 e. The zero-order valence-electron chi connectivity index (χ0n) is 22.6. The van der Waals surface area contributed by atoms with Crippen molar-refractivity contribution in [3.05, 3.63) is 114 Å². The van der Waals surface area contributed by atoms with Gasteiger partial charge in [-0.1, -0.05) is 48.5 Å². The van der Waals surface area contributed by atoms with Crippen LogP contribution in [-0.4, -0.2) is 39.8 Å². The van der Waals surface area contributed by atoms with E-state index in [0.717, 1.165) is 21.7 Å². The van der Waals surface area contributed by atoms with E-state index in [0.29, 0.717) is 24.1 Å². The molecule has 9 heteroatoms. The maximum atomic E-state index is 13.3. The lowest BCUT2D eigenvalue weighted by Gasteiger charge is -2.28. The number of rotatable bonds is 13. The van der Waals surface area contributed by atoms with Crippen LogP contribution in [0.1, 0.15) is 46.4 Å². The van der Waals surface area contributed by atoms with Crippen LogP contribution in [0.5, 0.6) is 0 Å². The summed E-state index contributed by atoms with van der Waals surface area (Å²) in [6, 6.07) is 20.2. The summed E-state index contributed by atoms with van der Waals surface area (Å²) in [5, 5.41) is 2.89. The van der Waals surface area contributed by atoms with E-state index in [9.17, 15) is 17.6 Å². The minimum Gasteiger partial charge on any atom is -0.375 e. The van der Waals surface area contributed by atoms with E-state index in [1.807, 2.05) is 30.3 Å². The fraction of sp³-hybridized carbons (Fsp3) is 0.300. The number of nitrogens with two attached hydrogens (primary N) is 1. The van der Waals surface area contributed by atoms with Crippen molar-refractivity contribution in [2.75, 3.05) is 24.2 Å². The van der Waals surface area contributed by atoms with Gasteiger partial charge in [-0.3, -0.25) is 9.10 Å². The highest BCUT2D eigenvalue weighted by atomic mass is 32.2. The predicted molar refractivity (Wildman–Crippen MR) is 154 cm³/mol. The predicted octanol–water partition coefficient (Wildman–Crippen LogP) is 4.75. The van der Waals surface area contributed by atoms with Gasteiger partial charge in [0.05, 0.1) is 31.2 Å². The summed E-state index contributed by atoms with van der Waals surface area (Å²) in [6.45, 7) is 5.95. The van der Waals surface area contributed by atoms with E-state index in [4.69, 9.17) is 10.5 Å². The molecule has 0 aliphatic carbocycles. The van der Waals surface area contributed by atoms with Crippen LogP contribution in [0.15, 0.2) is 85.5 Å². The molecule has 2 atom stereocenters. The fourth-order valence-electron chi connectivity index (χ4n) is 4.22. The molecular formula is C30H36FN3O4S.